The predicted molar refractivity (Wildman–Crippen MR) is 58.0 cm³/mol. The average molecular weight is 231 g/mol. The summed E-state index contributed by atoms with van der Waals surface area (Å²) in [6.07, 6.45) is 0.686. The SMILES string of the molecule is CCc1cc(S(N)(=O)=O)n(C(C)(C)C)n1. The zero-order chi connectivity index (χ0) is 11.9. The Labute approximate surface area is 90.3 Å². The van der Waals surface area contributed by atoms with Gasteiger partial charge in [0.15, 0.2) is 5.03 Å². The van der Waals surface area contributed by atoms with Gasteiger partial charge < -0.3 is 0 Å². The minimum absolute atomic E-state index is 0.0758. The van der Waals surface area contributed by atoms with Crippen molar-refractivity contribution in [2.45, 2.75) is 44.7 Å². The van der Waals surface area contributed by atoms with Gasteiger partial charge in [-0.05, 0) is 33.3 Å². The summed E-state index contributed by atoms with van der Waals surface area (Å²) < 4.78 is 24.2. The molecule has 1 aromatic rings. The first-order chi connectivity index (χ1) is 6.66. The Morgan fingerprint density at radius 1 is 1.47 bits per heavy atom. The van der Waals surface area contributed by atoms with E-state index in [1.165, 1.54) is 10.7 Å². The first kappa shape index (κ1) is 12.2. The minimum Gasteiger partial charge on any atom is -0.247 e. The summed E-state index contributed by atoms with van der Waals surface area (Å²) in [5.74, 6) is 0. The van der Waals surface area contributed by atoms with Crippen LogP contribution in [0.5, 0.6) is 0 Å². The van der Waals surface area contributed by atoms with E-state index in [9.17, 15) is 8.42 Å². The maximum atomic E-state index is 11.3. The van der Waals surface area contributed by atoms with Gasteiger partial charge in [0.1, 0.15) is 0 Å². The zero-order valence-electron chi connectivity index (χ0n) is 9.48. The van der Waals surface area contributed by atoms with Gasteiger partial charge in [0, 0.05) is 0 Å². The lowest BCUT2D eigenvalue weighted by Gasteiger charge is -2.21. The van der Waals surface area contributed by atoms with Crippen LogP contribution in [0.15, 0.2) is 11.1 Å². The number of hydrogen-bond donors (Lipinski definition) is 1. The lowest BCUT2D eigenvalue weighted by molar-refractivity contribution is 0.324. The van der Waals surface area contributed by atoms with E-state index in [2.05, 4.69) is 5.10 Å². The van der Waals surface area contributed by atoms with Crippen molar-refractivity contribution in [3.8, 4) is 0 Å². The Morgan fingerprint density at radius 3 is 2.27 bits per heavy atom. The molecule has 2 N–H and O–H groups in total. The molecule has 0 saturated carbocycles. The molecule has 1 rings (SSSR count). The van der Waals surface area contributed by atoms with Gasteiger partial charge in [-0.15, -0.1) is 0 Å². The molecule has 5 nitrogen and oxygen atoms in total. The molecule has 0 fully saturated rings. The smallest absolute Gasteiger partial charge is 0.247 e. The number of aromatic nitrogens is 2. The standard InChI is InChI=1S/C9H17N3O2S/c1-5-7-6-8(15(10,13)14)12(11-7)9(2,3)4/h6H,5H2,1-4H3,(H2,10,13,14). The van der Waals surface area contributed by atoms with Crippen LogP contribution in [0.2, 0.25) is 0 Å². The fourth-order valence-electron chi connectivity index (χ4n) is 1.27. The van der Waals surface area contributed by atoms with Gasteiger partial charge in [-0.3, -0.25) is 0 Å². The number of primary sulfonamides is 1. The van der Waals surface area contributed by atoms with Crippen molar-refractivity contribution in [1.29, 1.82) is 0 Å². The Hall–Kier alpha value is -0.880. The van der Waals surface area contributed by atoms with Gasteiger partial charge in [0.25, 0.3) is 10.0 Å². The number of nitrogens with zero attached hydrogens (tertiary/aromatic N) is 2. The van der Waals surface area contributed by atoms with Gasteiger partial charge in [0.2, 0.25) is 0 Å². The van der Waals surface area contributed by atoms with Crippen LogP contribution in [0.1, 0.15) is 33.4 Å². The molecule has 0 bridgehead atoms. The fourth-order valence-corrected chi connectivity index (χ4v) is 2.12. The summed E-state index contributed by atoms with van der Waals surface area (Å²) in [4.78, 5) is 0. The second-order valence-electron chi connectivity index (χ2n) is 4.46. The van der Waals surface area contributed by atoms with Crippen LogP contribution in [-0.4, -0.2) is 18.2 Å². The molecular formula is C9H17N3O2S. The molecule has 0 unspecified atom stereocenters. The molecular weight excluding hydrogens is 214 g/mol. The van der Waals surface area contributed by atoms with Gasteiger partial charge in [-0.25, -0.2) is 18.2 Å². The molecule has 0 amide bonds. The molecule has 6 heteroatoms. The van der Waals surface area contributed by atoms with Crippen molar-refractivity contribution in [2.24, 2.45) is 5.14 Å². The van der Waals surface area contributed by atoms with E-state index in [1.54, 1.807) is 0 Å². The van der Waals surface area contributed by atoms with Gasteiger partial charge in [-0.1, -0.05) is 6.92 Å². The number of hydrogen-bond acceptors (Lipinski definition) is 3. The van der Waals surface area contributed by atoms with E-state index in [-0.39, 0.29) is 5.03 Å². The first-order valence-corrected chi connectivity index (χ1v) is 6.33. The van der Waals surface area contributed by atoms with Crippen molar-refractivity contribution in [1.82, 2.24) is 9.78 Å². The third-order valence-electron chi connectivity index (χ3n) is 2.02. The van der Waals surface area contributed by atoms with Crippen molar-refractivity contribution >= 4 is 10.0 Å². The van der Waals surface area contributed by atoms with E-state index in [0.29, 0.717) is 6.42 Å². The first-order valence-electron chi connectivity index (χ1n) is 4.78. The number of nitrogens with two attached hydrogens (primary N) is 1. The van der Waals surface area contributed by atoms with Crippen LogP contribution in [0, 0.1) is 0 Å². The van der Waals surface area contributed by atoms with Gasteiger partial charge in [-0.2, -0.15) is 5.10 Å². The van der Waals surface area contributed by atoms with Crippen LogP contribution < -0.4 is 5.14 Å². The predicted octanol–water partition coefficient (Wildman–Crippen LogP) is 0.848. The molecule has 15 heavy (non-hydrogen) atoms. The molecule has 0 saturated heterocycles. The Morgan fingerprint density at radius 2 is 2.00 bits per heavy atom. The number of sulfonamides is 1. The maximum Gasteiger partial charge on any atom is 0.255 e. The van der Waals surface area contributed by atoms with Crippen LogP contribution in [0.25, 0.3) is 0 Å². The van der Waals surface area contributed by atoms with Crippen LogP contribution in [-0.2, 0) is 22.0 Å². The van der Waals surface area contributed by atoms with Crippen molar-refractivity contribution < 1.29 is 8.42 Å². The third kappa shape index (κ3) is 2.57. The quantitative estimate of drug-likeness (QED) is 0.819. The highest BCUT2D eigenvalue weighted by molar-refractivity contribution is 7.89. The van der Waals surface area contributed by atoms with Gasteiger partial charge >= 0.3 is 0 Å². The summed E-state index contributed by atoms with van der Waals surface area (Å²) in [6.45, 7) is 7.57. The van der Waals surface area contributed by atoms with Crippen molar-refractivity contribution in [3.63, 3.8) is 0 Å². The van der Waals surface area contributed by atoms with E-state index in [1.807, 2.05) is 27.7 Å². The Kier molecular flexibility index (Phi) is 2.93. The second kappa shape index (κ2) is 3.61. The summed E-state index contributed by atoms with van der Waals surface area (Å²) in [5, 5.41) is 9.43. The molecule has 1 heterocycles. The van der Waals surface area contributed by atoms with E-state index in [0.717, 1.165) is 5.69 Å². The molecule has 0 aliphatic carbocycles. The molecule has 0 aliphatic rings. The van der Waals surface area contributed by atoms with Crippen LogP contribution in [0.3, 0.4) is 0 Å². The lowest BCUT2D eigenvalue weighted by Crippen LogP contribution is -2.29. The molecule has 0 spiro atoms. The normalized spacial score (nSPS) is 13.1. The molecule has 0 radical (unpaired) electrons. The van der Waals surface area contributed by atoms with Crippen molar-refractivity contribution in [2.75, 3.05) is 0 Å². The van der Waals surface area contributed by atoms with Crippen molar-refractivity contribution in [3.05, 3.63) is 11.8 Å². The minimum atomic E-state index is -3.71. The fraction of sp³-hybridized carbons (Fsp3) is 0.667. The largest absolute Gasteiger partial charge is 0.255 e. The van der Waals surface area contributed by atoms with E-state index >= 15 is 0 Å². The Bertz CT molecular complexity index is 454. The molecule has 0 atom stereocenters. The highest BCUT2D eigenvalue weighted by Gasteiger charge is 2.24. The van der Waals surface area contributed by atoms with Crippen LogP contribution >= 0.6 is 0 Å². The highest BCUT2D eigenvalue weighted by atomic mass is 32.2. The van der Waals surface area contributed by atoms with Gasteiger partial charge in [0.05, 0.1) is 11.2 Å². The summed E-state index contributed by atoms with van der Waals surface area (Å²) >= 11 is 0. The lowest BCUT2D eigenvalue weighted by atomic mass is 10.1. The van der Waals surface area contributed by atoms with E-state index < -0.39 is 15.6 Å². The molecule has 86 valence electrons. The number of rotatable bonds is 2. The summed E-state index contributed by atoms with van der Waals surface area (Å²) in [5.41, 5.74) is 0.337. The van der Waals surface area contributed by atoms with Crippen LogP contribution in [0.4, 0.5) is 0 Å². The average Bonchev–Trinajstić information content (AvgIpc) is 2.44. The Balaban J connectivity index is 3.44. The maximum absolute atomic E-state index is 11.3. The molecule has 0 aromatic carbocycles. The highest BCUT2D eigenvalue weighted by Crippen LogP contribution is 2.20. The third-order valence-corrected chi connectivity index (χ3v) is 2.89. The monoisotopic (exact) mass is 231 g/mol. The molecule has 1 aromatic heterocycles. The second-order valence-corrected chi connectivity index (χ2v) is 5.96. The number of aryl methyl sites for hydroxylation is 1. The topological polar surface area (TPSA) is 78.0 Å². The summed E-state index contributed by atoms with van der Waals surface area (Å²) in [6, 6.07) is 1.53. The summed E-state index contributed by atoms with van der Waals surface area (Å²) in [7, 11) is -3.71. The van der Waals surface area contributed by atoms with E-state index in [4.69, 9.17) is 5.14 Å². The zero-order valence-corrected chi connectivity index (χ0v) is 10.3. The molecule has 0 aliphatic heterocycles.